The molecule has 1 aliphatic rings. The van der Waals surface area contributed by atoms with E-state index >= 15 is 0 Å². The van der Waals surface area contributed by atoms with Crippen LogP contribution in [0, 0.1) is 19.8 Å². The molecule has 2 aromatic rings. The normalized spacial score (nSPS) is 15.5. The number of nitrogens with zero attached hydrogens (tertiary/aromatic N) is 2. The SMILES string of the molecule is COc1c(C(=O)NCC2CCN(Cc3nc(C)c(C)o3)CC2)[nH]c(=O)[nH]c1=O. The van der Waals surface area contributed by atoms with Gasteiger partial charge in [-0.2, -0.15) is 0 Å². The average Bonchev–Trinajstić information content (AvgIpc) is 2.97. The van der Waals surface area contributed by atoms with Crippen LogP contribution in [0.1, 0.15) is 40.7 Å². The Morgan fingerprint density at radius 3 is 2.61 bits per heavy atom. The third-order valence-corrected chi connectivity index (χ3v) is 5.02. The Morgan fingerprint density at radius 1 is 1.29 bits per heavy atom. The number of hydrogen-bond acceptors (Lipinski definition) is 7. The largest absolute Gasteiger partial charge is 0.489 e. The number of methoxy groups -OCH3 is 1. The quantitative estimate of drug-likeness (QED) is 0.646. The lowest BCUT2D eigenvalue weighted by Gasteiger charge is -2.31. The van der Waals surface area contributed by atoms with Crippen molar-refractivity contribution >= 4 is 5.91 Å². The highest BCUT2D eigenvalue weighted by atomic mass is 16.5. The van der Waals surface area contributed by atoms with Crippen LogP contribution in [0.4, 0.5) is 0 Å². The molecule has 0 atom stereocenters. The molecule has 0 bridgehead atoms. The molecule has 0 radical (unpaired) electrons. The first kappa shape index (κ1) is 19.9. The van der Waals surface area contributed by atoms with Gasteiger partial charge in [0.1, 0.15) is 5.76 Å². The molecule has 3 rings (SSSR count). The van der Waals surface area contributed by atoms with Crippen LogP contribution in [0.25, 0.3) is 0 Å². The fourth-order valence-corrected chi connectivity index (χ4v) is 3.30. The Bertz CT molecular complexity index is 933. The predicted molar refractivity (Wildman–Crippen MR) is 101 cm³/mol. The molecule has 3 heterocycles. The number of aromatic amines is 2. The summed E-state index contributed by atoms with van der Waals surface area (Å²) >= 11 is 0. The molecule has 0 saturated carbocycles. The van der Waals surface area contributed by atoms with E-state index in [0.717, 1.165) is 43.3 Å². The molecule has 152 valence electrons. The van der Waals surface area contributed by atoms with Crippen LogP contribution in [0.2, 0.25) is 0 Å². The average molecular weight is 391 g/mol. The Labute approximate surface area is 161 Å². The fraction of sp³-hybridized carbons (Fsp3) is 0.556. The standard InChI is InChI=1S/C18H25N5O5/c1-10-11(2)28-13(20-10)9-23-6-4-12(5-7-23)8-19-16(24)14-15(27-3)17(25)22-18(26)21-14/h12H,4-9H2,1-3H3,(H,19,24)(H2,21,22,25,26). The fourth-order valence-electron chi connectivity index (χ4n) is 3.30. The van der Waals surface area contributed by atoms with Gasteiger partial charge in [-0.15, -0.1) is 0 Å². The second kappa shape index (κ2) is 8.42. The molecule has 0 unspecified atom stereocenters. The molecule has 1 aliphatic heterocycles. The minimum atomic E-state index is -0.749. The molecular formula is C18H25N5O5. The number of likely N-dealkylation sites (tertiary alicyclic amines) is 1. The van der Waals surface area contributed by atoms with Gasteiger partial charge in [-0.25, -0.2) is 9.78 Å². The molecule has 0 spiro atoms. The zero-order valence-corrected chi connectivity index (χ0v) is 16.3. The summed E-state index contributed by atoms with van der Waals surface area (Å²) in [4.78, 5) is 46.6. The summed E-state index contributed by atoms with van der Waals surface area (Å²) in [7, 11) is 1.27. The minimum absolute atomic E-state index is 0.164. The summed E-state index contributed by atoms with van der Waals surface area (Å²) in [5, 5.41) is 2.78. The van der Waals surface area contributed by atoms with Gasteiger partial charge in [-0.05, 0) is 45.7 Å². The number of ether oxygens (including phenoxy) is 1. The number of carbonyl (C=O) groups is 1. The monoisotopic (exact) mass is 391 g/mol. The van der Waals surface area contributed by atoms with Crippen LogP contribution in [0.3, 0.4) is 0 Å². The second-order valence-electron chi connectivity index (χ2n) is 7.00. The molecule has 3 N–H and O–H groups in total. The number of H-pyrrole nitrogens is 2. The van der Waals surface area contributed by atoms with Crippen LogP contribution >= 0.6 is 0 Å². The van der Waals surface area contributed by atoms with Gasteiger partial charge in [0.15, 0.2) is 5.69 Å². The molecule has 0 aliphatic carbocycles. The number of aryl methyl sites for hydroxylation is 2. The van der Waals surface area contributed by atoms with Crippen molar-refractivity contribution in [1.29, 1.82) is 0 Å². The lowest BCUT2D eigenvalue weighted by molar-refractivity contribution is 0.0924. The van der Waals surface area contributed by atoms with E-state index in [9.17, 15) is 14.4 Å². The Balaban J connectivity index is 1.51. The highest BCUT2D eigenvalue weighted by Crippen LogP contribution is 2.19. The summed E-state index contributed by atoms with van der Waals surface area (Å²) in [6.45, 7) is 6.74. The van der Waals surface area contributed by atoms with Gasteiger partial charge in [-0.1, -0.05) is 0 Å². The first-order valence-electron chi connectivity index (χ1n) is 9.21. The maximum atomic E-state index is 12.4. The van der Waals surface area contributed by atoms with E-state index in [1.54, 1.807) is 0 Å². The highest BCUT2D eigenvalue weighted by molar-refractivity contribution is 5.94. The van der Waals surface area contributed by atoms with E-state index in [-0.39, 0.29) is 11.4 Å². The molecule has 2 aromatic heterocycles. The first-order valence-corrected chi connectivity index (χ1v) is 9.21. The number of aromatic nitrogens is 3. The van der Waals surface area contributed by atoms with Crippen molar-refractivity contribution in [2.45, 2.75) is 33.2 Å². The van der Waals surface area contributed by atoms with E-state index in [0.29, 0.717) is 19.0 Å². The third kappa shape index (κ3) is 4.50. The number of hydrogen-bond donors (Lipinski definition) is 3. The van der Waals surface area contributed by atoms with Gasteiger partial charge in [0.25, 0.3) is 11.5 Å². The van der Waals surface area contributed by atoms with Crippen molar-refractivity contribution in [3.05, 3.63) is 43.9 Å². The van der Waals surface area contributed by atoms with Crippen LogP contribution in [0.15, 0.2) is 14.0 Å². The molecule has 1 fully saturated rings. The molecule has 10 nitrogen and oxygen atoms in total. The predicted octanol–water partition coefficient (Wildman–Crippen LogP) is 0.319. The molecule has 0 aromatic carbocycles. The number of amides is 1. The maximum absolute atomic E-state index is 12.4. The summed E-state index contributed by atoms with van der Waals surface area (Å²) in [6, 6.07) is 0. The zero-order valence-electron chi connectivity index (χ0n) is 16.3. The molecule has 1 amide bonds. The van der Waals surface area contributed by atoms with Crippen molar-refractivity contribution in [2.24, 2.45) is 5.92 Å². The van der Waals surface area contributed by atoms with Crippen molar-refractivity contribution in [3.63, 3.8) is 0 Å². The van der Waals surface area contributed by atoms with E-state index in [2.05, 4.69) is 20.2 Å². The van der Waals surface area contributed by atoms with Crippen molar-refractivity contribution < 1.29 is 13.9 Å². The van der Waals surface area contributed by atoms with E-state index in [1.807, 2.05) is 18.8 Å². The molecular weight excluding hydrogens is 366 g/mol. The number of piperidine rings is 1. The minimum Gasteiger partial charge on any atom is -0.489 e. The molecule has 10 heteroatoms. The van der Waals surface area contributed by atoms with E-state index in [4.69, 9.17) is 9.15 Å². The zero-order chi connectivity index (χ0) is 20.3. The van der Waals surface area contributed by atoms with Gasteiger partial charge in [0, 0.05) is 6.54 Å². The third-order valence-electron chi connectivity index (χ3n) is 5.02. The topological polar surface area (TPSA) is 133 Å². The summed E-state index contributed by atoms with van der Waals surface area (Å²) in [5.41, 5.74) is -0.730. The van der Waals surface area contributed by atoms with Crippen molar-refractivity contribution in [2.75, 3.05) is 26.7 Å². The number of carbonyl (C=O) groups excluding carboxylic acids is 1. The van der Waals surface area contributed by atoms with E-state index < -0.39 is 17.2 Å². The highest BCUT2D eigenvalue weighted by Gasteiger charge is 2.23. The van der Waals surface area contributed by atoms with Gasteiger partial charge in [0.05, 0.1) is 19.3 Å². The lowest BCUT2D eigenvalue weighted by atomic mass is 9.97. The van der Waals surface area contributed by atoms with Gasteiger partial charge in [0.2, 0.25) is 11.6 Å². The van der Waals surface area contributed by atoms with Crippen molar-refractivity contribution in [3.8, 4) is 5.75 Å². The Kier molecular flexibility index (Phi) is 5.98. The van der Waals surface area contributed by atoms with Gasteiger partial charge >= 0.3 is 5.69 Å². The summed E-state index contributed by atoms with van der Waals surface area (Å²) < 4.78 is 10.6. The first-order chi connectivity index (χ1) is 13.4. The van der Waals surface area contributed by atoms with Gasteiger partial charge in [-0.3, -0.25) is 24.5 Å². The van der Waals surface area contributed by atoms with Crippen LogP contribution in [-0.4, -0.2) is 52.5 Å². The number of nitrogens with one attached hydrogen (secondary N) is 3. The Hall–Kier alpha value is -2.88. The van der Waals surface area contributed by atoms with Crippen LogP contribution < -0.4 is 21.3 Å². The Morgan fingerprint density at radius 2 is 2.00 bits per heavy atom. The lowest BCUT2D eigenvalue weighted by Crippen LogP contribution is -2.39. The van der Waals surface area contributed by atoms with Gasteiger partial charge < -0.3 is 14.5 Å². The molecule has 1 saturated heterocycles. The van der Waals surface area contributed by atoms with Crippen molar-refractivity contribution in [1.82, 2.24) is 25.2 Å². The summed E-state index contributed by atoms with van der Waals surface area (Å²) in [5.74, 6) is 1.15. The van der Waals surface area contributed by atoms with Crippen LogP contribution in [0.5, 0.6) is 5.75 Å². The van der Waals surface area contributed by atoms with Crippen LogP contribution in [-0.2, 0) is 6.54 Å². The summed E-state index contributed by atoms with van der Waals surface area (Å²) in [6.07, 6.45) is 1.84. The smallest absolute Gasteiger partial charge is 0.326 e. The maximum Gasteiger partial charge on any atom is 0.326 e. The second-order valence-corrected chi connectivity index (χ2v) is 7.00. The number of rotatable bonds is 6. The number of oxazole rings is 1. The van der Waals surface area contributed by atoms with E-state index in [1.165, 1.54) is 7.11 Å². The molecule has 28 heavy (non-hydrogen) atoms.